The van der Waals surface area contributed by atoms with E-state index in [1.807, 2.05) is 17.0 Å². The molecule has 1 aromatic heterocycles. The van der Waals surface area contributed by atoms with Gasteiger partial charge >= 0.3 is 17.9 Å². The molecule has 15 heteroatoms. The van der Waals surface area contributed by atoms with Crippen molar-refractivity contribution in [1.29, 1.82) is 0 Å². The molecule has 4 rings (SSSR count). The molecule has 0 radical (unpaired) electrons. The number of nitrogens with one attached hydrogen (secondary N) is 3. The summed E-state index contributed by atoms with van der Waals surface area (Å²) in [5.74, 6) is -2.35. The van der Waals surface area contributed by atoms with Crippen molar-refractivity contribution in [2.75, 3.05) is 25.1 Å². The van der Waals surface area contributed by atoms with Crippen LogP contribution in [0.15, 0.2) is 41.2 Å². The van der Waals surface area contributed by atoms with Crippen LogP contribution in [0.4, 0.5) is 5.69 Å². The maximum atomic E-state index is 12.9. The molecule has 258 valence electrons. The summed E-state index contributed by atoms with van der Waals surface area (Å²) in [6.07, 6.45) is 5.76. The third-order valence-electron chi connectivity index (χ3n) is 8.26. The van der Waals surface area contributed by atoms with Gasteiger partial charge in [-0.05, 0) is 73.2 Å². The molecule has 3 aromatic rings. The van der Waals surface area contributed by atoms with E-state index in [2.05, 4.69) is 26.5 Å². The number of amides is 2. The first-order valence-corrected chi connectivity index (χ1v) is 15.5. The molecule has 2 amide bonds. The van der Waals surface area contributed by atoms with E-state index in [4.69, 9.17) is 16.3 Å². The van der Waals surface area contributed by atoms with Crippen molar-refractivity contribution in [3.63, 3.8) is 0 Å². The highest BCUT2D eigenvalue weighted by atomic mass is 16.5. The molecular weight excluding hydrogens is 638 g/mol. The molecular formula is C34H37N5O10. The number of carbonyl (C=O) groups is 5. The number of rotatable bonds is 17. The fourth-order valence-corrected chi connectivity index (χ4v) is 5.80. The Kier molecular flexibility index (Phi) is 12.1. The maximum absolute atomic E-state index is 12.9. The molecule has 3 atom stereocenters. The SMILES string of the molecule is C#CCN(CC1CCc2cc3nc(COC)[nH]c(=O)c3cc21)c1ccc(C(=O)N[C@@H](CCC(=O)N[C@H](CCC(=O)O)C(=O)O)C(=O)O)cc1. The fourth-order valence-electron chi connectivity index (χ4n) is 5.80. The number of carboxylic acids is 3. The summed E-state index contributed by atoms with van der Waals surface area (Å²) in [5, 5.41) is 32.7. The first kappa shape index (κ1) is 36.1. The van der Waals surface area contributed by atoms with Gasteiger partial charge in [0, 0.05) is 43.7 Å². The molecule has 15 nitrogen and oxygen atoms in total. The smallest absolute Gasteiger partial charge is 0.326 e. The van der Waals surface area contributed by atoms with Crippen molar-refractivity contribution in [3.8, 4) is 12.3 Å². The van der Waals surface area contributed by atoms with E-state index in [1.165, 1.54) is 19.2 Å². The number of aromatic nitrogens is 2. The number of carboxylic acid groups (broad SMARTS) is 3. The third-order valence-corrected chi connectivity index (χ3v) is 8.26. The fraction of sp³-hybridized carbons (Fsp3) is 0.382. The van der Waals surface area contributed by atoms with Crippen LogP contribution >= 0.6 is 0 Å². The van der Waals surface area contributed by atoms with E-state index in [9.17, 15) is 39.0 Å². The van der Waals surface area contributed by atoms with E-state index in [-0.39, 0.29) is 43.0 Å². The lowest BCUT2D eigenvalue weighted by Crippen LogP contribution is -2.44. The number of hydrogen-bond donors (Lipinski definition) is 6. The molecule has 6 N–H and O–H groups in total. The maximum Gasteiger partial charge on any atom is 0.326 e. The average molecular weight is 676 g/mol. The van der Waals surface area contributed by atoms with Crippen LogP contribution in [-0.2, 0) is 36.9 Å². The van der Waals surface area contributed by atoms with E-state index in [0.29, 0.717) is 23.3 Å². The zero-order valence-electron chi connectivity index (χ0n) is 26.7. The van der Waals surface area contributed by atoms with Crippen LogP contribution in [0.5, 0.6) is 0 Å². The Morgan fingerprint density at radius 2 is 1.71 bits per heavy atom. The Morgan fingerprint density at radius 3 is 2.35 bits per heavy atom. The summed E-state index contributed by atoms with van der Waals surface area (Å²) in [5.41, 5.74) is 3.42. The summed E-state index contributed by atoms with van der Waals surface area (Å²) in [6, 6.07) is 7.38. The summed E-state index contributed by atoms with van der Waals surface area (Å²) in [6.45, 7) is 1.01. The van der Waals surface area contributed by atoms with Gasteiger partial charge in [0.2, 0.25) is 5.91 Å². The average Bonchev–Trinajstić information content (AvgIpc) is 3.44. The van der Waals surface area contributed by atoms with Gasteiger partial charge in [-0.2, -0.15) is 0 Å². The van der Waals surface area contributed by atoms with Gasteiger partial charge in [-0.3, -0.25) is 19.2 Å². The van der Waals surface area contributed by atoms with Crippen LogP contribution in [0.1, 0.15) is 65.3 Å². The third kappa shape index (κ3) is 9.42. The standard InChI is InChI=1S/C34H37N5O10/c1-3-14-39(17-21-5-4-20-15-27-24(16-23(20)21)32(44)38-28(35-27)18-49-2)22-8-6-19(7-9-22)31(43)37-26(34(47)48)10-12-29(40)36-25(33(45)46)11-13-30(41)42/h1,6-9,15-16,21,25-26H,4-5,10-14,17-18H2,2H3,(H,36,40)(H,37,43)(H,41,42)(H,45,46)(H,47,48)(H,35,38,44)/t21?,25-,26+/m1/s1. The Bertz CT molecular complexity index is 1830. The number of hydrogen-bond acceptors (Lipinski definition) is 9. The Morgan fingerprint density at radius 1 is 1.04 bits per heavy atom. The van der Waals surface area contributed by atoms with Crippen LogP contribution in [0.25, 0.3) is 10.9 Å². The summed E-state index contributed by atoms with van der Waals surface area (Å²) in [4.78, 5) is 81.2. The molecule has 1 heterocycles. The minimum absolute atomic E-state index is 0.0743. The molecule has 2 aromatic carbocycles. The van der Waals surface area contributed by atoms with Gasteiger partial charge in [0.1, 0.15) is 24.5 Å². The molecule has 0 bridgehead atoms. The molecule has 0 aliphatic heterocycles. The van der Waals surface area contributed by atoms with Crippen LogP contribution < -0.4 is 21.1 Å². The molecule has 0 fully saturated rings. The second-order valence-corrected chi connectivity index (χ2v) is 11.7. The number of ether oxygens (including phenoxy) is 1. The highest BCUT2D eigenvalue weighted by molar-refractivity contribution is 5.97. The van der Waals surface area contributed by atoms with Crippen molar-refractivity contribution in [3.05, 3.63) is 69.3 Å². The number of aryl methyl sites for hydroxylation is 1. The number of aromatic amines is 1. The predicted octanol–water partition coefficient (Wildman–Crippen LogP) is 1.64. The first-order valence-electron chi connectivity index (χ1n) is 15.5. The minimum Gasteiger partial charge on any atom is -0.481 e. The topological polar surface area (TPSA) is 228 Å². The van der Waals surface area contributed by atoms with Crippen LogP contribution in [-0.4, -0.2) is 87.3 Å². The number of H-pyrrole nitrogens is 1. The van der Waals surface area contributed by atoms with Crippen molar-refractivity contribution in [2.45, 2.75) is 63.1 Å². The van der Waals surface area contributed by atoms with E-state index < -0.39 is 54.6 Å². The van der Waals surface area contributed by atoms with E-state index >= 15 is 0 Å². The lowest BCUT2D eigenvalue weighted by Gasteiger charge is -2.26. The van der Waals surface area contributed by atoms with E-state index in [1.54, 1.807) is 12.1 Å². The zero-order valence-corrected chi connectivity index (χ0v) is 26.7. The van der Waals surface area contributed by atoms with Crippen molar-refractivity contribution in [2.24, 2.45) is 0 Å². The molecule has 1 aliphatic carbocycles. The zero-order chi connectivity index (χ0) is 35.7. The minimum atomic E-state index is -1.45. The quantitative estimate of drug-likeness (QED) is 0.112. The number of fused-ring (bicyclic) bond motifs is 2. The van der Waals surface area contributed by atoms with Gasteiger partial charge in [-0.1, -0.05) is 5.92 Å². The van der Waals surface area contributed by atoms with Gasteiger partial charge in [0.25, 0.3) is 11.5 Å². The van der Waals surface area contributed by atoms with Gasteiger partial charge < -0.3 is 40.6 Å². The summed E-state index contributed by atoms with van der Waals surface area (Å²) < 4.78 is 5.10. The van der Waals surface area contributed by atoms with Crippen LogP contribution in [0.3, 0.4) is 0 Å². The molecule has 0 saturated heterocycles. The van der Waals surface area contributed by atoms with Gasteiger partial charge in [-0.15, -0.1) is 6.42 Å². The largest absolute Gasteiger partial charge is 0.481 e. The number of carbonyl (C=O) groups excluding carboxylic acids is 2. The molecule has 1 aliphatic rings. The van der Waals surface area contributed by atoms with Crippen molar-refractivity contribution >= 4 is 46.3 Å². The van der Waals surface area contributed by atoms with Crippen LogP contribution in [0.2, 0.25) is 0 Å². The van der Waals surface area contributed by atoms with Crippen molar-refractivity contribution < 1.29 is 44.0 Å². The Hall–Kier alpha value is -5.75. The van der Waals surface area contributed by atoms with Gasteiger partial charge in [-0.25, -0.2) is 14.6 Å². The first-order chi connectivity index (χ1) is 23.4. The highest BCUT2D eigenvalue weighted by Crippen LogP contribution is 2.36. The predicted molar refractivity (Wildman–Crippen MR) is 176 cm³/mol. The number of aliphatic carboxylic acids is 3. The summed E-state index contributed by atoms with van der Waals surface area (Å²) >= 11 is 0. The normalized spacial score (nSPS) is 14.7. The van der Waals surface area contributed by atoms with Gasteiger partial charge in [0.15, 0.2) is 0 Å². The highest BCUT2D eigenvalue weighted by Gasteiger charge is 2.27. The molecule has 0 saturated carbocycles. The van der Waals surface area contributed by atoms with Crippen LogP contribution in [0, 0.1) is 12.3 Å². The second kappa shape index (κ2) is 16.4. The lowest BCUT2D eigenvalue weighted by atomic mass is 9.98. The van der Waals surface area contributed by atoms with Gasteiger partial charge in [0.05, 0.1) is 17.4 Å². The van der Waals surface area contributed by atoms with E-state index in [0.717, 1.165) is 29.7 Å². The molecule has 49 heavy (non-hydrogen) atoms. The molecule has 0 spiro atoms. The Labute approximate surface area is 280 Å². The monoisotopic (exact) mass is 675 g/mol. The lowest BCUT2D eigenvalue weighted by molar-refractivity contribution is -0.143. The number of benzene rings is 2. The summed E-state index contributed by atoms with van der Waals surface area (Å²) in [7, 11) is 1.53. The second-order valence-electron chi connectivity index (χ2n) is 11.7. The number of anilines is 1. The molecule has 1 unspecified atom stereocenters. The Balaban J connectivity index is 1.40. The number of nitrogens with zero attached hydrogens (tertiary/aromatic N) is 2. The number of terminal acetylenes is 1. The number of methoxy groups -OCH3 is 1. The van der Waals surface area contributed by atoms with Crippen molar-refractivity contribution in [1.82, 2.24) is 20.6 Å².